The molecule has 0 spiro atoms. The molecule has 1 aromatic rings. The van der Waals surface area contributed by atoms with Gasteiger partial charge in [-0.15, -0.1) is 4.99 Å². The van der Waals surface area contributed by atoms with Crippen molar-refractivity contribution in [3.05, 3.63) is 28.2 Å². The van der Waals surface area contributed by atoms with E-state index in [1.54, 1.807) is 24.4 Å². The zero-order valence-electron chi connectivity index (χ0n) is 11.1. The third kappa shape index (κ3) is 2.45. The number of hydrogen-bond acceptors (Lipinski definition) is 3. The van der Waals surface area contributed by atoms with Gasteiger partial charge in [-0.25, -0.2) is 4.90 Å². The van der Waals surface area contributed by atoms with Crippen molar-refractivity contribution < 1.29 is 4.79 Å². The van der Waals surface area contributed by atoms with E-state index in [0.717, 1.165) is 25.8 Å². The fourth-order valence-electron chi connectivity index (χ4n) is 2.87. The molecule has 2 aliphatic rings. The van der Waals surface area contributed by atoms with Crippen molar-refractivity contribution in [2.24, 2.45) is 4.99 Å². The number of nitriles is 1. The maximum absolute atomic E-state index is 12.7. The topological polar surface area (TPSA) is 59.7 Å². The van der Waals surface area contributed by atoms with Gasteiger partial charge < -0.3 is 4.90 Å². The standard InChI is InChI=1S/C14H12Cl2N4O/c15-9-5-10(16)7-11(6-9)20-13(21)12-3-1-2-4-19(12)14(20)18-8-17/h5-7,12H,1-4H2/t12-/m1/s1. The number of halogens is 2. The van der Waals surface area contributed by atoms with Gasteiger partial charge in [0.15, 0.2) is 0 Å². The lowest BCUT2D eigenvalue weighted by Gasteiger charge is -2.27. The van der Waals surface area contributed by atoms with Crippen molar-refractivity contribution >= 4 is 40.8 Å². The molecule has 2 heterocycles. The Bertz CT molecular complexity index is 647. The molecule has 2 saturated heterocycles. The van der Waals surface area contributed by atoms with Crippen molar-refractivity contribution in [1.29, 1.82) is 5.26 Å². The summed E-state index contributed by atoms with van der Waals surface area (Å²) in [6.07, 6.45) is 4.53. The number of benzene rings is 1. The number of carbonyl (C=O) groups excluding carboxylic acids is 1. The first-order valence-electron chi connectivity index (χ1n) is 6.65. The Kier molecular flexibility index (Phi) is 3.75. The van der Waals surface area contributed by atoms with Crippen molar-refractivity contribution in [2.45, 2.75) is 25.3 Å². The van der Waals surface area contributed by atoms with Crippen molar-refractivity contribution in [3.63, 3.8) is 0 Å². The summed E-state index contributed by atoms with van der Waals surface area (Å²) in [5.41, 5.74) is 0.542. The van der Waals surface area contributed by atoms with Crippen LogP contribution in [0.25, 0.3) is 0 Å². The molecule has 0 radical (unpaired) electrons. The molecule has 0 aromatic heterocycles. The van der Waals surface area contributed by atoms with Crippen LogP contribution in [0.3, 0.4) is 0 Å². The second-order valence-corrected chi connectivity index (χ2v) is 5.89. The number of guanidine groups is 1. The maximum Gasteiger partial charge on any atom is 0.256 e. The monoisotopic (exact) mass is 322 g/mol. The van der Waals surface area contributed by atoms with Gasteiger partial charge in [-0.1, -0.05) is 23.2 Å². The van der Waals surface area contributed by atoms with Gasteiger partial charge in [0.05, 0.1) is 5.69 Å². The Morgan fingerprint density at radius 3 is 2.62 bits per heavy atom. The van der Waals surface area contributed by atoms with E-state index in [4.69, 9.17) is 28.5 Å². The Morgan fingerprint density at radius 1 is 1.24 bits per heavy atom. The number of aliphatic imine (C=N–C) groups is 1. The summed E-state index contributed by atoms with van der Waals surface area (Å²) in [5, 5.41) is 9.80. The van der Waals surface area contributed by atoms with E-state index in [2.05, 4.69) is 4.99 Å². The lowest BCUT2D eigenvalue weighted by Crippen LogP contribution is -2.39. The molecule has 0 bridgehead atoms. The van der Waals surface area contributed by atoms with E-state index in [9.17, 15) is 4.79 Å². The van der Waals surface area contributed by atoms with E-state index in [-0.39, 0.29) is 11.9 Å². The first-order chi connectivity index (χ1) is 10.1. The Hall–Kier alpha value is -1.77. The van der Waals surface area contributed by atoms with E-state index in [1.807, 2.05) is 4.90 Å². The van der Waals surface area contributed by atoms with E-state index < -0.39 is 0 Å². The number of anilines is 1. The highest BCUT2D eigenvalue weighted by Gasteiger charge is 2.45. The fraction of sp³-hybridized carbons (Fsp3) is 0.357. The van der Waals surface area contributed by atoms with E-state index >= 15 is 0 Å². The van der Waals surface area contributed by atoms with Gasteiger partial charge >= 0.3 is 0 Å². The predicted molar refractivity (Wildman–Crippen MR) is 81.3 cm³/mol. The highest BCUT2D eigenvalue weighted by atomic mass is 35.5. The van der Waals surface area contributed by atoms with E-state index in [1.165, 1.54) is 4.90 Å². The number of nitrogens with zero attached hydrogens (tertiary/aromatic N) is 4. The second-order valence-electron chi connectivity index (χ2n) is 5.02. The lowest BCUT2D eigenvalue weighted by molar-refractivity contribution is -0.120. The number of rotatable bonds is 1. The average Bonchev–Trinajstić information content (AvgIpc) is 2.72. The SMILES string of the molecule is N#CN=C1N(c2cc(Cl)cc(Cl)c2)C(=O)[C@H]2CCCCN12. The maximum atomic E-state index is 12.7. The highest BCUT2D eigenvalue weighted by Crippen LogP contribution is 2.33. The molecule has 1 aromatic carbocycles. The van der Waals surface area contributed by atoms with Crippen LogP contribution in [0.5, 0.6) is 0 Å². The molecule has 0 N–H and O–H groups in total. The van der Waals surface area contributed by atoms with Gasteiger partial charge in [0, 0.05) is 16.6 Å². The van der Waals surface area contributed by atoms with Gasteiger partial charge in [0.1, 0.15) is 6.04 Å². The molecule has 3 rings (SSSR count). The molecule has 0 saturated carbocycles. The highest BCUT2D eigenvalue weighted by molar-refractivity contribution is 6.35. The average molecular weight is 323 g/mol. The minimum Gasteiger partial charge on any atom is -0.329 e. The van der Waals surface area contributed by atoms with Crippen LogP contribution in [0.4, 0.5) is 5.69 Å². The molecule has 1 amide bonds. The first-order valence-corrected chi connectivity index (χ1v) is 7.41. The molecule has 7 heteroatoms. The summed E-state index contributed by atoms with van der Waals surface area (Å²) in [5.74, 6) is 0.285. The molecular formula is C14H12Cl2N4O. The summed E-state index contributed by atoms with van der Waals surface area (Å²) in [6, 6.07) is 4.65. The summed E-state index contributed by atoms with van der Waals surface area (Å²) in [4.78, 5) is 19.8. The summed E-state index contributed by atoms with van der Waals surface area (Å²) in [6.45, 7) is 0.724. The summed E-state index contributed by atoms with van der Waals surface area (Å²) in [7, 11) is 0. The third-order valence-electron chi connectivity index (χ3n) is 3.72. The van der Waals surface area contributed by atoms with Gasteiger partial charge in [-0.05, 0) is 37.5 Å². The zero-order valence-corrected chi connectivity index (χ0v) is 12.6. The van der Waals surface area contributed by atoms with Crippen molar-refractivity contribution in [1.82, 2.24) is 4.90 Å². The number of piperidine rings is 1. The molecular weight excluding hydrogens is 311 g/mol. The third-order valence-corrected chi connectivity index (χ3v) is 4.16. The molecule has 1 atom stereocenters. The normalized spacial score (nSPS) is 23.4. The van der Waals surface area contributed by atoms with Gasteiger partial charge in [0.25, 0.3) is 5.91 Å². The number of hydrogen-bond donors (Lipinski definition) is 0. The number of amides is 1. The van der Waals surface area contributed by atoms with Crippen LogP contribution >= 0.6 is 23.2 Å². The molecule has 21 heavy (non-hydrogen) atoms. The van der Waals surface area contributed by atoms with Crippen LogP contribution in [0.1, 0.15) is 19.3 Å². The molecule has 2 fully saturated rings. The predicted octanol–water partition coefficient (Wildman–Crippen LogP) is 3.03. The number of fused-ring (bicyclic) bond motifs is 1. The van der Waals surface area contributed by atoms with Gasteiger partial charge in [-0.3, -0.25) is 4.79 Å². The fourth-order valence-corrected chi connectivity index (χ4v) is 3.39. The van der Waals surface area contributed by atoms with Crippen molar-refractivity contribution in [3.8, 4) is 6.19 Å². The molecule has 0 unspecified atom stereocenters. The Morgan fingerprint density at radius 2 is 1.95 bits per heavy atom. The minimum atomic E-state index is -0.247. The minimum absolute atomic E-state index is 0.0815. The van der Waals surface area contributed by atoms with Crippen LogP contribution in [0.2, 0.25) is 10.0 Å². The molecule has 108 valence electrons. The van der Waals surface area contributed by atoms with Gasteiger partial charge in [0.2, 0.25) is 12.2 Å². The molecule has 5 nitrogen and oxygen atoms in total. The first kappa shape index (κ1) is 14.2. The second kappa shape index (κ2) is 5.55. The largest absolute Gasteiger partial charge is 0.329 e. The Balaban J connectivity index is 2.08. The van der Waals surface area contributed by atoms with Crippen LogP contribution in [0, 0.1) is 11.5 Å². The summed E-state index contributed by atoms with van der Waals surface area (Å²) >= 11 is 12.0. The quantitative estimate of drug-likeness (QED) is 0.747. The van der Waals surface area contributed by atoms with Crippen LogP contribution in [0.15, 0.2) is 23.2 Å². The van der Waals surface area contributed by atoms with Crippen molar-refractivity contribution in [2.75, 3.05) is 11.4 Å². The van der Waals surface area contributed by atoms with Gasteiger partial charge in [-0.2, -0.15) is 5.26 Å². The van der Waals surface area contributed by atoms with E-state index in [0.29, 0.717) is 21.7 Å². The summed E-state index contributed by atoms with van der Waals surface area (Å²) < 4.78 is 0. The smallest absolute Gasteiger partial charge is 0.256 e. The van der Waals surface area contributed by atoms with Crippen LogP contribution in [-0.2, 0) is 4.79 Å². The molecule has 2 aliphatic heterocycles. The zero-order chi connectivity index (χ0) is 15.0. The van der Waals surface area contributed by atoms with Crippen LogP contribution < -0.4 is 4.90 Å². The lowest BCUT2D eigenvalue weighted by atomic mass is 10.0. The van der Waals surface area contributed by atoms with Crippen LogP contribution in [-0.4, -0.2) is 29.4 Å². The Labute approximate surface area is 132 Å². The molecule has 0 aliphatic carbocycles. The number of carbonyl (C=O) groups is 1.